The normalized spacial score (nSPS) is 20.1. The molecule has 0 aliphatic carbocycles. The van der Waals surface area contributed by atoms with Gasteiger partial charge in [0, 0.05) is 0 Å². The summed E-state index contributed by atoms with van der Waals surface area (Å²) in [6, 6.07) is 1.78. The Kier molecular flexibility index (Phi) is 2.95. The van der Waals surface area contributed by atoms with Crippen molar-refractivity contribution in [2.24, 2.45) is 0 Å². The van der Waals surface area contributed by atoms with E-state index in [1.165, 1.54) is 4.90 Å². The molecule has 2 amide bonds. The van der Waals surface area contributed by atoms with E-state index in [0.717, 1.165) is 5.56 Å². The molecular weight excluding hydrogens is 238 g/mol. The van der Waals surface area contributed by atoms with Gasteiger partial charge in [0.1, 0.15) is 5.60 Å². The molecule has 0 unspecified atom stereocenters. The SMILES string of the molecule is CC(C)(C)OC(=O)N1C(=O)C[C@H]1c1ccsc1. The van der Waals surface area contributed by atoms with Gasteiger partial charge in [0.25, 0.3) is 0 Å². The van der Waals surface area contributed by atoms with Gasteiger partial charge in [0.15, 0.2) is 0 Å². The Labute approximate surface area is 104 Å². The Bertz CT molecular complexity index is 433. The van der Waals surface area contributed by atoms with Gasteiger partial charge in [-0.15, -0.1) is 0 Å². The summed E-state index contributed by atoms with van der Waals surface area (Å²) in [7, 11) is 0. The molecule has 0 aromatic carbocycles. The number of hydrogen-bond donors (Lipinski definition) is 0. The molecule has 5 heteroatoms. The van der Waals surface area contributed by atoms with E-state index in [-0.39, 0.29) is 11.9 Å². The maximum absolute atomic E-state index is 11.8. The Morgan fingerprint density at radius 3 is 2.71 bits per heavy atom. The smallest absolute Gasteiger partial charge is 0.417 e. The zero-order valence-electron chi connectivity index (χ0n) is 10.1. The van der Waals surface area contributed by atoms with E-state index in [2.05, 4.69) is 0 Å². The predicted octanol–water partition coefficient (Wildman–Crippen LogP) is 2.96. The molecule has 1 saturated heterocycles. The molecule has 1 aliphatic heterocycles. The molecule has 2 heterocycles. The van der Waals surface area contributed by atoms with Gasteiger partial charge in [0.2, 0.25) is 5.91 Å². The maximum Gasteiger partial charge on any atom is 0.417 e. The quantitative estimate of drug-likeness (QED) is 0.723. The van der Waals surface area contributed by atoms with Crippen LogP contribution in [0.1, 0.15) is 38.8 Å². The van der Waals surface area contributed by atoms with Crippen molar-refractivity contribution >= 4 is 23.3 Å². The molecule has 0 saturated carbocycles. The lowest BCUT2D eigenvalue weighted by molar-refractivity contribution is -0.144. The van der Waals surface area contributed by atoms with Gasteiger partial charge in [-0.1, -0.05) is 0 Å². The first-order valence-electron chi connectivity index (χ1n) is 5.45. The van der Waals surface area contributed by atoms with Crippen LogP contribution in [0, 0.1) is 0 Å². The van der Waals surface area contributed by atoms with Crippen LogP contribution in [0.15, 0.2) is 16.8 Å². The third-order valence-electron chi connectivity index (χ3n) is 2.47. The fraction of sp³-hybridized carbons (Fsp3) is 0.500. The molecule has 0 spiro atoms. The Morgan fingerprint density at radius 2 is 2.24 bits per heavy atom. The minimum absolute atomic E-state index is 0.149. The summed E-state index contributed by atoms with van der Waals surface area (Å²) in [4.78, 5) is 24.5. The first-order chi connectivity index (χ1) is 7.88. The fourth-order valence-corrected chi connectivity index (χ4v) is 2.40. The minimum atomic E-state index is -0.577. The molecule has 0 bridgehead atoms. The number of carbonyl (C=O) groups excluding carboxylic acids is 2. The van der Waals surface area contributed by atoms with E-state index < -0.39 is 11.7 Å². The molecule has 1 aromatic heterocycles. The van der Waals surface area contributed by atoms with Crippen LogP contribution < -0.4 is 0 Å². The van der Waals surface area contributed by atoms with Crippen LogP contribution in [0.5, 0.6) is 0 Å². The largest absolute Gasteiger partial charge is 0.443 e. The number of rotatable bonds is 1. The summed E-state index contributed by atoms with van der Waals surface area (Å²) in [5.41, 5.74) is 0.423. The summed E-state index contributed by atoms with van der Waals surface area (Å²) in [6.07, 6.45) is -0.166. The lowest BCUT2D eigenvalue weighted by atomic mass is 9.97. The highest BCUT2D eigenvalue weighted by Crippen LogP contribution is 2.36. The Balaban J connectivity index is 2.09. The first-order valence-corrected chi connectivity index (χ1v) is 6.40. The number of thiophene rings is 1. The van der Waals surface area contributed by atoms with E-state index in [0.29, 0.717) is 6.42 Å². The monoisotopic (exact) mass is 253 g/mol. The highest BCUT2D eigenvalue weighted by molar-refractivity contribution is 7.08. The summed E-state index contributed by atoms with van der Waals surface area (Å²) in [5, 5.41) is 3.89. The lowest BCUT2D eigenvalue weighted by Crippen LogP contribution is -2.51. The van der Waals surface area contributed by atoms with Crippen LogP contribution >= 0.6 is 11.3 Å². The number of hydrogen-bond acceptors (Lipinski definition) is 4. The highest BCUT2D eigenvalue weighted by atomic mass is 32.1. The van der Waals surface area contributed by atoms with E-state index in [4.69, 9.17) is 4.74 Å². The van der Waals surface area contributed by atoms with Crippen molar-refractivity contribution in [1.82, 2.24) is 4.90 Å². The number of carbonyl (C=O) groups is 2. The van der Waals surface area contributed by atoms with Crippen molar-refractivity contribution in [2.45, 2.75) is 38.8 Å². The molecule has 92 valence electrons. The van der Waals surface area contributed by atoms with Gasteiger partial charge in [-0.05, 0) is 43.2 Å². The molecule has 1 aromatic rings. The first kappa shape index (κ1) is 12.1. The van der Waals surface area contributed by atoms with Gasteiger partial charge in [-0.2, -0.15) is 11.3 Å². The van der Waals surface area contributed by atoms with Crippen molar-refractivity contribution in [3.05, 3.63) is 22.4 Å². The average molecular weight is 253 g/mol. The van der Waals surface area contributed by atoms with Crippen LogP contribution in [0.4, 0.5) is 4.79 Å². The second-order valence-corrected chi connectivity index (χ2v) is 5.80. The summed E-state index contributed by atoms with van der Waals surface area (Å²) < 4.78 is 5.21. The molecular formula is C12H15NO3S. The topological polar surface area (TPSA) is 46.6 Å². The zero-order valence-corrected chi connectivity index (χ0v) is 10.9. The fourth-order valence-electron chi connectivity index (χ4n) is 1.69. The van der Waals surface area contributed by atoms with Crippen LogP contribution in [0.2, 0.25) is 0 Å². The zero-order chi connectivity index (χ0) is 12.6. The third-order valence-corrected chi connectivity index (χ3v) is 3.17. The van der Waals surface area contributed by atoms with E-state index in [1.807, 2.05) is 16.8 Å². The second-order valence-electron chi connectivity index (χ2n) is 5.02. The van der Waals surface area contributed by atoms with Crippen molar-refractivity contribution in [2.75, 3.05) is 0 Å². The maximum atomic E-state index is 11.8. The Morgan fingerprint density at radius 1 is 1.53 bits per heavy atom. The van der Waals surface area contributed by atoms with Crippen LogP contribution in [-0.2, 0) is 9.53 Å². The van der Waals surface area contributed by atoms with E-state index in [1.54, 1.807) is 32.1 Å². The highest BCUT2D eigenvalue weighted by Gasteiger charge is 2.43. The Hall–Kier alpha value is -1.36. The number of β-lactam (4-membered cyclic amide) rings is 1. The third kappa shape index (κ3) is 2.49. The van der Waals surface area contributed by atoms with Crippen LogP contribution in [0.3, 0.4) is 0 Å². The van der Waals surface area contributed by atoms with Gasteiger partial charge in [-0.3, -0.25) is 4.79 Å². The van der Waals surface area contributed by atoms with Crippen molar-refractivity contribution < 1.29 is 14.3 Å². The lowest BCUT2D eigenvalue weighted by Gasteiger charge is -2.38. The summed E-state index contributed by atoms with van der Waals surface area (Å²) >= 11 is 1.56. The average Bonchev–Trinajstić information content (AvgIpc) is 2.62. The molecule has 4 nitrogen and oxygen atoms in total. The number of ether oxygens (including phenoxy) is 1. The summed E-state index contributed by atoms with van der Waals surface area (Å²) in [5.74, 6) is -0.171. The number of imide groups is 1. The van der Waals surface area contributed by atoms with Crippen molar-refractivity contribution in [3.8, 4) is 0 Å². The molecule has 1 fully saturated rings. The van der Waals surface area contributed by atoms with Crippen molar-refractivity contribution in [3.63, 3.8) is 0 Å². The summed E-state index contributed by atoms with van der Waals surface area (Å²) in [6.45, 7) is 5.36. The molecule has 2 rings (SSSR count). The predicted molar refractivity (Wildman–Crippen MR) is 64.8 cm³/mol. The van der Waals surface area contributed by atoms with E-state index in [9.17, 15) is 9.59 Å². The van der Waals surface area contributed by atoms with Crippen LogP contribution in [0.25, 0.3) is 0 Å². The van der Waals surface area contributed by atoms with Crippen molar-refractivity contribution in [1.29, 1.82) is 0 Å². The molecule has 17 heavy (non-hydrogen) atoms. The van der Waals surface area contributed by atoms with Gasteiger partial charge in [-0.25, -0.2) is 9.69 Å². The number of amides is 2. The molecule has 0 N–H and O–H groups in total. The standard InChI is InChI=1S/C12H15NO3S/c1-12(2,3)16-11(15)13-9(6-10(13)14)8-4-5-17-7-8/h4-5,7,9H,6H2,1-3H3/t9-/m0/s1. The number of likely N-dealkylation sites (tertiary alicyclic amines) is 1. The van der Waals surface area contributed by atoms with Gasteiger partial charge in [0.05, 0.1) is 12.5 Å². The molecule has 1 aliphatic rings. The number of nitrogens with zero attached hydrogens (tertiary/aromatic N) is 1. The van der Waals surface area contributed by atoms with Gasteiger partial charge >= 0.3 is 6.09 Å². The molecule has 0 radical (unpaired) electrons. The van der Waals surface area contributed by atoms with E-state index >= 15 is 0 Å². The molecule has 1 atom stereocenters. The van der Waals surface area contributed by atoms with Gasteiger partial charge < -0.3 is 4.74 Å². The second kappa shape index (κ2) is 4.14. The minimum Gasteiger partial charge on any atom is -0.443 e. The van der Waals surface area contributed by atoms with Crippen LogP contribution in [-0.4, -0.2) is 22.5 Å².